The first kappa shape index (κ1) is 9.45. The number of benzene rings is 1. The number of aromatic nitrogens is 1. The van der Waals surface area contributed by atoms with Crippen molar-refractivity contribution < 1.29 is 14.4 Å². The molecule has 0 atom stereocenters. The molecule has 1 N–H and O–H groups in total. The average Bonchev–Trinajstić information content (AvgIpc) is 2.65. The predicted molar refractivity (Wildman–Crippen MR) is 53.6 cm³/mol. The van der Waals surface area contributed by atoms with Gasteiger partial charge in [-0.15, -0.1) is 0 Å². The number of aryl methyl sites for hydroxylation is 1. The smallest absolute Gasteiger partial charge is 0.335 e. The molecule has 2 rings (SSSR count). The van der Waals surface area contributed by atoms with Gasteiger partial charge in [-0.25, -0.2) is 4.79 Å². The molecule has 76 valence electrons. The SMILES string of the molecule is Cc1cc(-c2cccc(C(=O)O)c2)no1. The van der Waals surface area contributed by atoms with Gasteiger partial charge in [-0.2, -0.15) is 0 Å². The van der Waals surface area contributed by atoms with Gasteiger partial charge in [0.1, 0.15) is 11.5 Å². The summed E-state index contributed by atoms with van der Waals surface area (Å²) in [5.74, 6) is -0.247. The molecule has 0 spiro atoms. The fourth-order valence-corrected chi connectivity index (χ4v) is 1.31. The Morgan fingerprint density at radius 2 is 2.20 bits per heavy atom. The maximum absolute atomic E-state index is 10.7. The minimum absolute atomic E-state index is 0.244. The van der Waals surface area contributed by atoms with E-state index in [1.807, 2.05) is 0 Å². The van der Waals surface area contributed by atoms with Crippen molar-refractivity contribution in [2.45, 2.75) is 6.92 Å². The van der Waals surface area contributed by atoms with E-state index in [1.54, 1.807) is 37.3 Å². The second-order valence-electron chi connectivity index (χ2n) is 3.21. The summed E-state index contributed by atoms with van der Waals surface area (Å²) in [4.78, 5) is 10.7. The van der Waals surface area contributed by atoms with Crippen molar-refractivity contribution in [3.63, 3.8) is 0 Å². The van der Waals surface area contributed by atoms with Crippen molar-refractivity contribution in [3.8, 4) is 11.3 Å². The van der Waals surface area contributed by atoms with E-state index in [-0.39, 0.29) is 5.56 Å². The number of hydrogen-bond donors (Lipinski definition) is 1. The monoisotopic (exact) mass is 203 g/mol. The summed E-state index contributed by atoms with van der Waals surface area (Å²) < 4.78 is 4.92. The van der Waals surface area contributed by atoms with Gasteiger partial charge in [0.2, 0.25) is 0 Å². The second-order valence-corrected chi connectivity index (χ2v) is 3.21. The van der Waals surface area contributed by atoms with Crippen LogP contribution in [0.1, 0.15) is 16.1 Å². The van der Waals surface area contributed by atoms with Gasteiger partial charge in [0.15, 0.2) is 0 Å². The largest absolute Gasteiger partial charge is 0.478 e. The van der Waals surface area contributed by atoms with Gasteiger partial charge in [-0.1, -0.05) is 17.3 Å². The minimum Gasteiger partial charge on any atom is -0.478 e. The molecule has 0 aliphatic rings. The Kier molecular flexibility index (Phi) is 2.25. The highest BCUT2D eigenvalue weighted by Gasteiger charge is 2.07. The third kappa shape index (κ3) is 1.88. The number of nitrogens with zero attached hydrogens (tertiary/aromatic N) is 1. The Hall–Kier alpha value is -2.10. The summed E-state index contributed by atoms with van der Waals surface area (Å²) in [6.07, 6.45) is 0. The lowest BCUT2D eigenvalue weighted by Crippen LogP contribution is -1.95. The van der Waals surface area contributed by atoms with Crippen molar-refractivity contribution in [1.82, 2.24) is 5.16 Å². The fraction of sp³-hybridized carbons (Fsp3) is 0.0909. The molecule has 0 saturated heterocycles. The lowest BCUT2D eigenvalue weighted by Gasteiger charge is -1.97. The topological polar surface area (TPSA) is 63.3 Å². The lowest BCUT2D eigenvalue weighted by atomic mass is 10.1. The Labute approximate surface area is 86.1 Å². The molecule has 2 aromatic rings. The molecule has 1 aromatic carbocycles. The Morgan fingerprint density at radius 1 is 1.40 bits per heavy atom. The predicted octanol–water partition coefficient (Wildman–Crippen LogP) is 2.35. The molecular weight excluding hydrogens is 194 g/mol. The number of rotatable bonds is 2. The van der Waals surface area contributed by atoms with Crippen molar-refractivity contribution in [1.29, 1.82) is 0 Å². The van der Waals surface area contributed by atoms with Crippen molar-refractivity contribution >= 4 is 5.97 Å². The van der Waals surface area contributed by atoms with Crippen LogP contribution in [0.5, 0.6) is 0 Å². The van der Waals surface area contributed by atoms with Gasteiger partial charge >= 0.3 is 5.97 Å². The first-order valence-electron chi connectivity index (χ1n) is 4.44. The number of carboxylic acid groups (broad SMARTS) is 1. The van der Waals surface area contributed by atoms with Crippen LogP contribution in [0.3, 0.4) is 0 Å². The molecular formula is C11H9NO3. The average molecular weight is 203 g/mol. The molecule has 0 aliphatic heterocycles. The zero-order valence-electron chi connectivity index (χ0n) is 8.10. The van der Waals surface area contributed by atoms with Gasteiger partial charge in [-0.3, -0.25) is 0 Å². The third-order valence-corrected chi connectivity index (χ3v) is 2.03. The summed E-state index contributed by atoms with van der Waals surface area (Å²) >= 11 is 0. The highest BCUT2D eigenvalue weighted by Crippen LogP contribution is 2.19. The molecule has 1 aromatic heterocycles. The first-order valence-corrected chi connectivity index (χ1v) is 4.44. The van der Waals surface area contributed by atoms with Crippen LogP contribution in [0.15, 0.2) is 34.9 Å². The van der Waals surface area contributed by atoms with Crippen molar-refractivity contribution in [2.24, 2.45) is 0 Å². The third-order valence-electron chi connectivity index (χ3n) is 2.03. The molecule has 4 heteroatoms. The van der Waals surface area contributed by atoms with Gasteiger partial charge in [0, 0.05) is 11.6 Å². The van der Waals surface area contributed by atoms with Crippen LogP contribution in [0.2, 0.25) is 0 Å². The Morgan fingerprint density at radius 3 is 2.80 bits per heavy atom. The van der Waals surface area contributed by atoms with Crippen LogP contribution in [0.25, 0.3) is 11.3 Å². The van der Waals surface area contributed by atoms with Crippen LogP contribution in [0, 0.1) is 6.92 Å². The summed E-state index contributed by atoms with van der Waals surface area (Å²) in [5.41, 5.74) is 1.63. The van der Waals surface area contributed by atoms with E-state index in [1.165, 1.54) is 0 Å². The van der Waals surface area contributed by atoms with E-state index < -0.39 is 5.97 Å². The molecule has 0 aliphatic carbocycles. The Bertz CT molecular complexity index is 502. The zero-order chi connectivity index (χ0) is 10.8. The standard InChI is InChI=1S/C11H9NO3/c1-7-5-10(12-15-7)8-3-2-4-9(6-8)11(13)14/h2-6H,1H3,(H,13,14). The van der Waals surface area contributed by atoms with Gasteiger partial charge in [0.25, 0.3) is 0 Å². The molecule has 1 heterocycles. The van der Waals surface area contributed by atoms with Crippen molar-refractivity contribution in [3.05, 3.63) is 41.7 Å². The summed E-state index contributed by atoms with van der Waals surface area (Å²) in [5, 5.41) is 12.6. The first-order chi connectivity index (χ1) is 7.16. The van der Waals surface area contributed by atoms with E-state index >= 15 is 0 Å². The van der Waals surface area contributed by atoms with E-state index in [0.717, 1.165) is 5.56 Å². The fourth-order valence-electron chi connectivity index (χ4n) is 1.31. The highest BCUT2D eigenvalue weighted by molar-refractivity contribution is 5.89. The van der Waals surface area contributed by atoms with Crippen molar-refractivity contribution in [2.75, 3.05) is 0 Å². The molecule has 4 nitrogen and oxygen atoms in total. The lowest BCUT2D eigenvalue weighted by molar-refractivity contribution is 0.0697. The van der Waals surface area contributed by atoms with Crippen LogP contribution >= 0.6 is 0 Å². The maximum atomic E-state index is 10.7. The number of carbonyl (C=O) groups is 1. The van der Waals surface area contributed by atoms with Gasteiger partial charge in [-0.05, 0) is 19.1 Å². The molecule has 0 fully saturated rings. The van der Waals surface area contributed by atoms with Crippen LogP contribution in [-0.4, -0.2) is 16.2 Å². The zero-order valence-corrected chi connectivity index (χ0v) is 8.10. The van der Waals surface area contributed by atoms with Crippen LogP contribution in [-0.2, 0) is 0 Å². The highest BCUT2D eigenvalue weighted by atomic mass is 16.5. The van der Waals surface area contributed by atoms with Crippen LogP contribution < -0.4 is 0 Å². The van der Waals surface area contributed by atoms with Gasteiger partial charge < -0.3 is 9.63 Å². The molecule has 0 saturated carbocycles. The minimum atomic E-state index is -0.947. The molecule has 0 unspecified atom stereocenters. The van der Waals surface area contributed by atoms with E-state index in [2.05, 4.69) is 5.16 Å². The molecule has 0 amide bonds. The maximum Gasteiger partial charge on any atom is 0.335 e. The van der Waals surface area contributed by atoms with E-state index in [9.17, 15) is 4.79 Å². The second kappa shape index (κ2) is 3.57. The number of hydrogen-bond acceptors (Lipinski definition) is 3. The summed E-state index contributed by atoms with van der Waals surface area (Å²) in [6, 6.07) is 8.35. The number of carboxylic acids is 1. The van der Waals surface area contributed by atoms with E-state index in [4.69, 9.17) is 9.63 Å². The molecule has 0 radical (unpaired) electrons. The summed E-state index contributed by atoms with van der Waals surface area (Å²) in [7, 11) is 0. The van der Waals surface area contributed by atoms with Gasteiger partial charge in [0.05, 0.1) is 5.56 Å². The molecule has 15 heavy (non-hydrogen) atoms. The summed E-state index contributed by atoms with van der Waals surface area (Å²) in [6.45, 7) is 1.79. The van der Waals surface area contributed by atoms with E-state index in [0.29, 0.717) is 11.5 Å². The molecule has 0 bridgehead atoms. The number of aromatic carboxylic acids is 1. The Balaban J connectivity index is 2.45. The normalized spacial score (nSPS) is 10.2. The quantitative estimate of drug-likeness (QED) is 0.813. The van der Waals surface area contributed by atoms with Crippen LogP contribution in [0.4, 0.5) is 0 Å².